The lowest BCUT2D eigenvalue weighted by Gasteiger charge is -2.17. The van der Waals surface area contributed by atoms with Crippen molar-refractivity contribution in [2.75, 3.05) is 13.1 Å². The molecule has 1 saturated heterocycles. The first kappa shape index (κ1) is 14.0. The Bertz CT molecular complexity index is 797. The number of fused-ring (bicyclic) bond motifs is 1. The summed E-state index contributed by atoms with van der Waals surface area (Å²) in [5.41, 5.74) is 0.827. The maximum atomic E-state index is 12.3. The zero-order valence-corrected chi connectivity index (χ0v) is 13.0. The summed E-state index contributed by atoms with van der Waals surface area (Å²) in [6.07, 6.45) is 3.99. The maximum absolute atomic E-state index is 12.3. The minimum Gasteiger partial charge on any atom is -0.487 e. The van der Waals surface area contributed by atoms with Crippen LogP contribution in [0.5, 0.6) is 5.75 Å². The third-order valence-electron chi connectivity index (χ3n) is 4.30. The van der Waals surface area contributed by atoms with E-state index in [1.165, 1.54) is 0 Å². The van der Waals surface area contributed by atoms with Crippen LogP contribution in [-0.4, -0.2) is 42.2 Å². The van der Waals surface area contributed by atoms with Crippen LogP contribution >= 0.6 is 0 Å². The van der Waals surface area contributed by atoms with Gasteiger partial charge in [0.1, 0.15) is 17.4 Å². The zero-order chi connectivity index (χ0) is 15.2. The molecule has 2 aliphatic rings. The monoisotopic (exact) mass is 318 g/mol. The van der Waals surface area contributed by atoms with Crippen LogP contribution in [-0.2, 0) is 10.0 Å². The number of aromatic nitrogens is 1. The van der Waals surface area contributed by atoms with Gasteiger partial charge in [-0.15, -0.1) is 0 Å². The molecule has 0 spiro atoms. The van der Waals surface area contributed by atoms with E-state index in [0.717, 1.165) is 35.9 Å². The van der Waals surface area contributed by atoms with Crippen molar-refractivity contribution in [3.63, 3.8) is 0 Å². The first-order chi connectivity index (χ1) is 10.6. The van der Waals surface area contributed by atoms with E-state index in [-0.39, 0.29) is 11.4 Å². The number of ether oxygens (including phenoxy) is 1. The Hall–Kier alpha value is -1.66. The van der Waals surface area contributed by atoms with Gasteiger partial charge < -0.3 is 4.74 Å². The SMILES string of the molecule is O=S(=O)(C1CC1)N1CC[C@@H](Oc2cccc3cccnc23)C1. The predicted octanol–water partition coefficient (Wildman–Crippen LogP) is 2.18. The normalized spacial score (nSPS) is 23.0. The third kappa shape index (κ3) is 2.46. The Balaban J connectivity index is 1.52. The summed E-state index contributed by atoms with van der Waals surface area (Å²) >= 11 is 0. The van der Waals surface area contributed by atoms with Gasteiger partial charge in [-0.05, 0) is 31.4 Å². The molecule has 0 bridgehead atoms. The number of para-hydroxylation sites is 1. The molecule has 1 aromatic carbocycles. The van der Waals surface area contributed by atoms with Crippen molar-refractivity contribution in [1.82, 2.24) is 9.29 Å². The molecule has 1 aromatic heterocycles. The molecule has 2 heterocycles. The summed E-state index contributed by atoms with van der Waals surface area (Å²) in [6.45, 7) is 1.00. The van der Waals surface area contributed by atoms with Crippen LogP contribution in [0.15, 0.2) is 36.5 Å². The van der Waals surface area contributed by atoms with Crippen molar-refractivity contribution >= 4 is 20.9 Å². The first-order valence-electron chi connectivity index (χ1n) is 7.64. The highest BCUT2D eigenvalue weighted by Gasteiger charge is 2.43. The molecule has 0 N–H and O–H groups in total. The van der Waals surface area contributed by atoms with E-state index < -0.39 is 10.0 Å². The highest BCUT2D eigenvalue weighted by molar-refractivity contribution is 7.90. The number of pyridine rings is 1. The molecule has 5 nitrogen and oxygen atoms in total. The Labute approximate surface area is 130 Å². The van der Waals surface area contributed by atoms with Crippen LogP contribution in [0.3, 0.4) is 0 Å². The summed E-state index contributed by atoms with van der Waals surface area (Å²) in [7, 11) is -3.10. The molecule has 4 rings (SSSR count). The van der Waals surface area contributed by atoms with E-state index in [4.69, 9.17) is 4.74 Å². The molecule has 116 valence electrons. The fourth-order valence-electron chi connectivity index (χ4n) is 2.95. The Morgan fingerprint density at radius 3 is 2.77 bits per heavy atom. The summed E-state index contributed by atoms with van der Waals surface area (Å²) in [5.74, 6) is 0.730. The molecule has 1 aliphatic heterocycles. The number of benzene rings is 1. The van der Waals surface area contributed by atoms with Gasteiger partial charge in [0, 0.05) is 18.1 Å². The van der Waals surface area contributed by atoms with Gasteiger partial charge in [-0.3, -0.25) is 4.98 Å². The van der Waals surface area contributed by atoms with E-state index in [9.17, 15) is 8.42 Å². The average Bonchev–Trinajstić information content (AvgIpc) is 3.28. The van der Waals surface area contributed by atoms with Gasteiger partial charge in [-0.1, -0.05) is 18.2 Å². The second kappa shape index (κ2) is 5.21. The highest BCUT2D eigenvalue weighted by Crippen LogP contribution is 2.33. The molecule has 0 radical (unpaired) electrons. The molecule has 0 unspecified atom stereocenters. The smallest absolute Gasteiger partial charge is 0.217 e. The van der Waals surface area contributed by atoms with Crippen molar-refractivity contribution in [2.45, 2.75) is 30.6 Å². The minimum absolute atomic E-state index is 0.0962. The van der Waals surface area contributed by atoms with Gasteiger partial charge in [-0.2, -0.15) is 4.31 Å². The quantitative estimate of drug-likeness (QED) is 0.867. The fraction of sp³-hybridized carbons (Fsp3) is 0.438. The standard InChI is InChI=1S/C16H18N2O3S/c19-22(20,14-6-7-14)18-10-8-13(11-18)21-15-5-1-3-12-4-2-9-17-16(12)15/h1-5,9,13-14H,6-8,10-11H2/t13-/m1/s1. The van der Waals surface area contributed by atoms with Crippen molar-refractivity contribution in [1.29, 1.82) is 0 Å². The van der Waals surface area contributed by atoms with Gasteiger partial charge in [-0.25, -0.2) is 8.42 Å². The molecule has 22 heavy (non-hydrogen) atoms. The summed E-state index contributed by atoms with van der Waals surface area (Å²) in [6, 6.07) is 9.72. The lowest BCUT2D eigenvalue weighted by Crippen LogP contribution is -2.33. The number of sulfonamides is 1. The van der Waals surface area contributed by atoms with E-state index in [1.807, 2.05) is 30.3 Å². The second-order valence-electron chi connectivity index (χ2n) is 5.96. The van der Waals surface area contributed by atoms with Crippen molar-refractivity contribution < 1.29 is 13.2 Å². The molecule has 2 aromatic rings. The molecule has 0 amide bonds. The maximum Gasteiger partial charge on any atom is 0.217 e. The van der Waals surface area contributed by atoms with Crippen LogP contribution in [0.1, 0.15) is 19.3 Å². The fourth-order valence-corrected chi connectivity index (χ4v) is 4.84. The van der Waals surface area contributed by atoms with Gasteiger partial charge >= 0.3 is 0 Å². The molecular formula is C16H18N2O3S. The van der Waals surface area contributed by atoms with E-state index in [0.29, 0.717) is 13.1 Å². The Morgan fingerprint density at radius 2 is 1.95 bits per heavy atom. The Morgan fingerprint density at radius 1 is 1.14 bits per heavy atom. The van der Waals surface area contributed by atoms with Crippen LogP contribution < -0.4 is 4.74 Å². The lowest BCUT2D eigenvalue weighted by molar-refractivity contribution is 0.218. The van der Waals surface area contributed by atoms with Crippen LogP contribution in [0.25, 0.3) is 10.9 Å². The molecule has 6 heteroatoms. The minimum atomic E-state index is -3.10. The second-order valence-corrected chi connectivity index (χ2v) is 8.18. The van der Waals surface area contributed by atoms with Crippen molar-refractivity contribution in [3.8, 4) is 5.75 Å². The van der Waals surface area contributed by atoms with E-state index in [1.54, 1.807) is 10.5 Å². The zero-order valence-electron chi connectivity index (χ0n) is 12.2. The number of hydrogen-bond donors (Lipinski definition) is 0. The lowest BCUT2D eigenvalue weighted by atomic mass is 10.2. The van der Waals surface area contributed by atoms with E-state index >= 15 is 0 Å². The van der Waals surface area contributed by atoms with Crippen molar-refractivity contribution in [2.24, 2.45) is 0 Å². The summed E-state index contributed by atoms with van der Waals surface area (Å²) in [5, 5.41) is 0.880. The van der Waals surface area contributed by atoms with Gasteiger partial charge in [0.25, 0.3) is 0 Å². The molecule has 2 fully saturated rings. The summed E-state index contributed by atoms with van der Waals surface area (Å²) in [4.78, 5) is 4.37. The van der Waals surface area contributed by atoms with Gasteiger partial charge in [0.05, 0.1) is 11.8 Å². The number of nitrogens with zero attached hydrogens (tertiary/aromatic N) is 2. The first-order valence-corrected chi connectivity index (χ1v) is 9.14. The average molecular weight is 318 g/mol. The molecule has 1 saturated carbocycles. The topological polar surface area (TPSA) is 59.5 Å². The van der Waals surface area contributed by atoms with Crippen LogP contribution in [0.2, 0.25) is 0 Å². The Kier molecular flexibility index (Phi) is 3.31. The van der Waals surface area contributed by atoms with E-state index in [2.05, 4.69) is 4.98 Å². The van der Waals surface area contributed by atoms with Crippen LogP contribution in [0.4, 0.5) is 0 Å². The van der Waals surface area contributed by atoms with Gasteiger partial charge in [0.15, 0.2) is 0 Å². The molecule has 1 aliphatic carbocycles. The number of hydrogen-bond acceptors (Lipinski definition) is 4. The molecular weight excluding hydrogens is 300 g/mol. The third-order valence-corrected chi connectivity index (χ3v) is 6.67. The number of rotatable bonds is 4. The largest absolute Gasteiger partial charge is 0.487 e. The van der Waals surface area contributed by atoms with Gasteiger partial charge in [0.2, 0.25) is 10.0 Å². The summed E-state index contributed by atoms with van der Waals surface area (Å²) < 4.78 is 32.2. The molecule has 1 atom stereocenters. The highest BCUT2D eigenvalue weighted by atomic mass is 32.2. The van der Waals surface area contributed by atoms with Crippen molar-refractivity contribution in [3.05, 3.63) is 36.5 Å². The predicted molar refractivity (Wildman–Crippen MR) is 84.3 cm³/mol. The van der Waals surface area contributed by atoms with Crippen LogP contribution in [0, 0.1) is 0 Å².